The van der Waals surface area contributed by atoms with E-state index in [-0.39, 0.29) is 5.91 Å². The molecule has 0 spiro atoms. The summed E-state index contributed by atoms with van der Waals surface area (Å²) in [6, 6.07) is 5.89. The predicted octanol–water partition coefficient (Wildman–Crippen LogP) is 4.09. The number of fused-ring (bicyclic) bond motifs is 1. The van der Waals surface area contributed by atoms with Crippen LogP contribution in [0.3, 0.4) is 0 Å². The van der Waals surface area contributed by atoms with Crippen LogP contribution in [0.5, 0.6) is 11.5 Å². The molecule has 2 aromatic rings. The van der Waals surface area contributed by atoms with Gasteiger partial charge < -0.3 is 19.8 Å². The summed E-state index contributed by atoms with van der Waals surface area (Å²) in [6.07, 6.45) is 4.09. The number of unbranched alkanes of at least 4 members (excludes halogenated alkanes) is 1. The molecular formula is C21H28N2O3. The van der Waals surface area contributed by atoms with Crippen molar-refractivity contribution in [2.24, 2.45) is 5.73 Å². The first kappa shape index (κ1) is 18.4. The summed E-state index contributed by atoms with van der Waals surface area (Å²) in [5, 5.41) is 0. The fraction of sp³-hybridized carbons (Fsp3) is 0.476. The third-order valence-corrected chi connectivity index (χ3v) is 4.93. The molecule has 0 radical (unpaired) electrons. The quantitative estimate of drug-likeness (QED) is 0.813. The molecule has 0 atom stereocenters. The highest BCUT2D eigenvalue weighted by Crippen LogP contribution is 2.39. The highest BCUT2D eigenvalue weighted by Gasteiger charge is 2.25. The summed E-state index contributed by atoms with van der Waals surface area (Å²) < 4.78 is 13.6. The van der Waals surface area contributed by atoms with Gasteiger partial charge >= 0.3 is 0 Å². The lowest BCUT2D eigenvalue weighted by molar-refractivity contribution is 0.1000. The average molecular weight is 356 g/mol. The smallest absolute Gasteiger partial charge is 0.251 e. The van der Waals surface area contributed by atoms with Crippen LogP contribution in [0.1, 0.15) is 54.9 Å². The number of hydrogen-bond acceptors (Lipinski definition) is 3. The SMILES string of the molecule is CCCCn1c(C)c(C(N)=O)c(-c2ccc3c(c2)OCCO3)c1CCC. The Labute approximate surface area is 155 Å². The number of carbonyl (C=O) groups is 1. The van der Waals surface area contributed by atoms with Crippen molar-refractivity contribution in [1.82, 2.24) is 4.57 Å². The van der Waals surface area contributed by atoms with Gasteiger partial charge in [0.15, 0.2) is 11.5 Å². The summed E-state index contributed by atoms with van der Waals surface area (Å²) in [6.45, 7) is 8.34. The molecule has 140 valence electrons. The number of nitrogens with two attached hydrogens (primary N) is 1. The normalized spacial score (nSPS) is 13.0. The molecular weight excluding hydrogens is 328 g/mol. The van der Waals surface area contributed by atoms with E-state index in [1.165, 1.54) is 5.69 Å². The minimum absolute atomic E-state index is 0.375. The molecule has 0 unspecified atom stereocenters. The van der Waals surface area contributed by atoms with E-state index in [0.717, 1.165) is 60.5 Å². The Morgan fingerprint density at radius 1 is 1.15 bits per heavy atom. The number of carbonyl (C=O) groups excluding carboxylic acids is 1. The zero-order chi connectivity index (χ0) is 18.7. The lowest BCUT2D eigenvalue weighted by Crippen LogP contribution is -2.15. The maximum Gasteiger partial charge on any atom is 0.251 e. The molecule has 3 rings (SSSR count). The summed E-state index contributed by atoms with van der Waals surface area (Å²) in [5.41, 5.74) is 10.5. The Kier molecular flexibility index (Phi) is 5.55. The van der Waals surface area contributed by atoms with E-state index in [0.29, 0.717) is 18.8 Å². The molecule has 1 aromatic carbocycles. The monoisotopic (exact) mass is 356 g/mol. The summed E-state index contributed by atoms with van der Waals surface area (Å²) in [7, 11) is 0. The predicted molar refractivity (Wildman–Crippen MR) is 103 cm³/mol. The van der Waals surface area contributed by atoms with E-state index in [9.17, 15) is 4.79 Å². The highest BCUT2D eigenvalue weighted by atomic mass is 16.6. The second kappa shape index (κ2) is 7.85. The Bertz CT molecular complexity index is 808. The third-order valence-electron chi connectivity index (χ3n) is 4.93. The van der Waals surface area contributed by atoms with Crippen molar-refractivity contribution in [3.05, 3.63) is 35.2 Å². The van der Waals surface area contributed by atoms with Crippen molar-refractivity contribution < 1.29 is 14.3 Å². The van der Waals surface area contributed by atoms with E-state index < -0.39 is 0 Å². The van der Waals surface area contributed by atoms with Gasteiger partial charge in [-0.1, -0.05) is 32.8 Å². The lowest BCUT2D eigenvalue weighted by atomic mass is 9.97. The van der Waals surface area contributed by atoms with Gasteiger partial charge in [-0.15, -0.1) is 0 Å². The van der Waals surface area contributed by atoms with Crippen LogP contribution >= 0.6 is 0 Å². The third kappa shape index (κ3) is 3.30. The Morgan fingerprint density at radius 3 is 2.54 bits per heavy atom. The largest absolute Gasteiger partial charge is 0.486 e. The highest BCUT2D eigenvalue weighted by molar-refractivity contribution is 6.02. The number of rotatable bonds is 7. The number of ether oxygens (including phenoxy) is 2. The van der Waals surface area contributed by atoms with E-state index in [4.69, 9.17) is 15.2 Å². The number of hydrogen-bond donors (Lipinski definition) is 1. The van der Waals surface area contributed by atoms with Crippen LogP contribution in [0.4, 0.5) is 0 Å². The van der Waals surface area contributed by atoms with E-state index in [1.54, 1.807) is 0 Å². The molecule has 0 saturated heterocycles. The summed E-state index contributed by atoms with van der Waals surface area (Å²) >= 11 is 0. The van der Waals surface area contributed by atoms with Crippen LogP contribution in [0.15, 0.2) is 18.2 Å². The van der Waals surface area contributed by atoms with Crippen molar-refractivity contribution in [3.8, 4) is 22.6 Å². The van der Waals surface area contributed by atoms with Crippen LogP contribution in [-0.2, 0) is 13.0 Å². The molecule has 1 amide bonds. The molecule has 0 bridgehead atoms. The topological polar surface area (TPSA) is 66.5 Å². The van der Waals surface area contributed by atoms with E-state index in [1.807, 2.05) is 25.1 Å². The molecule has 0 fully saturated rings. The molecule has 1 aliphatic rings. The van der Waals surface area contributed by atoms with Gasteiger partial charge in [-0.25, -0.2) is 0 Å². The van der Waals surface area contributed by atoms with Crippen molar-refractivity contribution in [2.45, 2.75) is 53.0 Å². The number of nitrogens with zero attached hydrogens (tertiary/aromatic N) is 1. The number of amides is 1. The molecule has 1 aliphatic heterocycles. The van der Waals surface area contributed by atoms with Gasteiger partial charge in [0.1, 0.15) is 13.2 Å². The molecule has 2 N–H and O–H groups in total. The first-order valence-corrected chi connectivity index (χ1v) is 9.50. The summed E-state index contributed by atoms with van der Waals surface area (Å²) in [5.74, 6) is 1.10. The van der Waals surface area contributed by atoms with Gasteiger partial charge in [0, 0.05) is 23.5 Å². The van der Waals surface area contributed by atoms with E-state index in [2.05, 4.69) is 18.4 Å². The van der Waals surface area contributed by atoms with Crippen molar-refractivity contribution in [3.63, 3.8) is 0 Å². The zero-order valence-corrected chi connectivity index (χ0v) is 15.9. The number of aromatic nitrogens is 1. The maximum absolute atomic E-state index is 12.3. The molecule has 5 nitrogen and oxygen atoms in total. The molecule has 1 aromatic heterocycles. The average Bonchev–Trinajstić information content (AvgIpc) is 2.91. The van der Waals surface area contributed by atoms with Gasteiger partial charge in [-0.3, -0.25) is 4.79 Å². The first-order chi connectivity index (χ1) is 12.6. The molecule has 0 saturated carbocycles. The summed E-state index contributed by atoms with van der Waals surface area (Å²) in [4.78, 5) is 12.3. The van der Waals surface area contributed by atoms with Gasteiger partial charge in [0.2, 0.25) is 0 Å². The van der Waals surface area contributed by atoms with Crippen LogP contribution in [0.2, 0.25) is 0 Å². The fourth-order valence-corrected chi connectivity index (χ4v) is 3.72. The molecule has 2 heterocycles. The standard InChI is InChI=1S/C21H28N2O3/c1-4-6-10-23-14(3)19(21(22)24)20(16(23)7-5-2)15-8-9-17-18(13-15)26-12-11-25-17/h8-9,13H,4-7,10-12H2,1-3H3,(H2,22,24). The number of benzene rings is 1. The van der Waals surface area contributed by atoms with Crippen LogP contribution < -0.4 is 15.2 Å². The van der Waals surface area contributed by atoms with E-state index >= 15 is 0 Å². The van der Waals surface area contributed by atoms with Gasteiger partial charge in [0.25, 0.3) is 5.91 Å². The van der Waals surface area contributed by atoms with Crippen LogP contribution in [-0.4, -0.2) is 23.7 Å². The van der Waals surface area contributed by atoms with Crippen molar-refractivity contribution >= 4 is 5.91 Å². The second-order valence-corrected chi connectivity index (χ2v) is 6.76. The van der Waals surface area contributed by atoms with Crippen LogP contribution in [0.25, 0.3) is 11.1 Å². The van der Waals surface area contributed by atoms with Gasteiger partial charge in [-0.2, -0.15) is 0 Å². The van der Waals surface area contributed by atoms with Gasteiger partial charge in [0.05, 0.1) is 5.56 Å². The van der Waals surface area contributed by atoms with Crippen molar-refractivity contribution in [2.75, 3.05) is 13.2 Å². The minimum atomic E-state index is -0.375. The lowest BCUT2D eigenvalue weighted by Gasteiger charge is -2.19. The number of primary amides is 1. The fourth-order valence-electron chi connectivity index (χ4n) is 3.72. The Morgan fingerprint density at radius 2 is 1.88 bits per heavy atom. The van der Waals surface area contributed by atoms with Crippen molar-refractivity contribution in [1.29, 1.82) is 0 Å². The first-order valence-electron chi connectivity index (χ1n) is 9.50. The molecule has 26 heavy (non-hydrogen) atoms. The maximum atomic E-state index is 12.3. The molecule has 0 aliphatic carbocycles. The van der Waals surface area contributed by atoms with Crippen LogP contribution in [0, 0.1) is 6.92 Å². The van der Waals surface area contributed by atoms with Gasteiger partial charge in [-0.05, 0) is 37.5 Å². The molecule has 5 heteroatoms. The second-order valence-electron chi connectivity index (χ2n) is 6.76. The minimum Gasteiger partial charge on any atom is -0.486 e. The Hall–Kier alpha value is -2.43. The Balaban J connectivity index is 2.19. The zero-order valence-electron chi connectivity index (χ0n) is 15.9.